The van der Waals surface area contributed by atoms with E-state index in [1.807, 2.05) is 0 Å². The van der Waals surface area contributed by atoms with Gasteiger partial charge >= 0.3 is 0 Å². The average molecular weight is 298 g/mol. The zero-order valence-electron chi connectivity index (χ0n) is 15.6. The van der Waals surface area contributed by atoms with Gasteiger partial charge in [0.25, 0.3) is 0 Å². The van der Waals surface area contributed by atoms with Crippen molar-refractivity contribution in [1.29, 1.82) is 0 Å². The van der Waals surface area contributed by atoms with E-state index >= 15 is 0 Å². The molecule has 2 nitrogen and oxygen atoms in total. The third-order valence-corrected chi connectivity index (χ3v) is 4.46. The molecule has 0 bridgehead atoms. The first-order valence-electron chi connectivity index (χ1n) is 8.21. The Morgan fingerprint density at radius 3 is 1.77 bits per heavy atom. The van der Waals surface area contributed by atoms with Gasteiger partial charge in [-0.1, -0.05) is 32.9 Å². The highest BCUT2D eigenvalue weighted by molar-refractivity contribution is 5.75. The fourth-order valence-electron chi connectivity index (χ4n) is 3.32. The summed E-state index contributed by atoms with van der Waals surface area (Å²) in [5.41, 5.74) is 9.33. The van der Waals surface area contributed by atoms with Crippen LogP contribution in [0.25, 0.3) is 11.1 Å². The number of benzene rings is 1. The minimum absolute atomic E-state index is 0.181. The molecule has 0 radical (unpaired) electrons. The third-order valence-electron chi connectivity index (χ3n) is 4.46. The number of nitrogens with zero attached hydrogens (tertiary/aromatic N) is 2. The van der Waals surface area contributed by atoms with Crippen LogP contribution in [-0.4, -0.2) is 9.78 Å². The second-order valence-electron chi connectivity index (χ2n) is 7.82. The first-order valence-corrected chi connectivity index (χ1v) is 8.21. The van der Waals surface area contributed by atoms with Crippen LogP contribution in [0.3, 0.4) is 0 Å². The molecule has 1 aromatic heterocycles. The molecule has 2 aromatic rings. The van der Waals surface area contributed by atoms with Crippen molar-refractivity contribution in [3.63, 3.8) is 0 Å². The minimum Gasteiger partial charge on any atom is -0.266 e. The molecule has 0 N–H and O–H groups in total. The van der Waals surface area contributed by atoms with Crippen molar-refractivity contribution in [3.8, 4) is 11.1 Å². The fourth-order valence-corrected chi connectivity index (χ4v) is 3.32. The van der Waals surface area contributed by atoms with Crippen LogP contribution in [0.4, 0.5) is 0 Å². The van der Waals surface area contributed by atoms with Crippen LogP contribution >= 0.6 is 0 Å². The van der Waals surface area contributed by atoms with Gasteiger partial charge in [-0.3, -0.25) is 4.68 Å². The van der Waals surface area contributed by atoms with E-state index in [4.69, 9.17) is 5.10 Å². The molecule has 120 valence electrons. The number of hydrogen-bond donors (Lipinski definition) is 0. The summed E-state index contributed by atoms with van der Waals surface area (Å²) in [7, 11) is 0. The Balaban J connectivity index is 2.70. The Labute approximate surface area is 135 Å². The van der Waals surface area contributed by atoms with E-state index in [0.29, 0.717) is 6.04 Å². The SMILES string of the molecule is Cc1cc(C(C)(C)C)cc(C)c1-c1c(C)nn(C(C)C)c1C. The molecule has 0 saturated carbocycles. The Kier molecular flexibility index (Phi) is 4.25. The van der Waals surface area contributed by atoms with Gasteiger partial charge in [-0.2, -0.15) is 5.10 Å². The molecule has 0 saturated heterocycles. The maximum absolute atomic E-state index is 4.76. The molecule has 0 amide bonds. The van der Waals surface area contributed by atoms with Crippen LogP contribution in [0.15, 0.2) is 12.1 Å². The van der Waals surface area contributed by atoms with Crippen LogP contribution in [0.1, 0.15) is 68.7 Å². The van der Waals surface area contributed by atoms with Gasteiger partial charge in [-0.05, 0) is 69.2 Å². The van der Waals surface area contributed by atoms with E-state index in [2.05, 4.69) is 79.1 Å². The van der Waals surface area contributed by atoms with Crippen molar-refractivity contribution in [2.24, 2.45) is 0 Å². The van der Waals surface area contributed by atoms with Gasteiger partial charge in [-0.25, -0.2) is 0 Å². The molecule has 0 fully saturated rings. The van der Waals surface area contributed by atoms with Gasteiger partial charge in [0, 0.05) is 17.3 Å². The van der Waals surface area contributed by atoms with Gasteiger partial charge in [0.2, 0.25) is 0 Å². The molecule has 2 heteroatoms. The van der Waals surface area contributed by atoms with Crippen LogP contribution in [-0.2, 0) is 5.41 Å². The van der Waals surface area contributed by atoms with Gasteiger partial charge in [-0.15, -0.1) is 0 Å². The maximum atomic E-state index is 4.76. The van der Waals surface area contributed by atoms with Crippen molar-refractivity contribution in [3.05, 3.63) is 40.2 Å². The average Bonchev–Trinajstić information content (AvgIpc) is 2.65. The Bertz CT molecular complexity index is 674. The van der Waals surface area contributed by atoms with Crippen molar-refractivity contribution in [1.82, 2.24) is 9.78 Å². The predicted octanol–water partition coefficient (Wildman–Crippen LogP) is 5.66. The van der Waals surface area contributed by atoms with Crippen molar-refractivity contribution >= 4 is 0 Å². The summed E-state index contributed by atoms with van der Waals surface area (Å²) in [6.45, 7) is 19.9. The zero-order chi connectivity index (χ0) is 16.8. The van der Waals surface area contributed by atoms with Crippen LogP contribution in [0.5, 0.6) is 0 Å². The van der Waals surface area contributed by atoms with Gasteiger partial charge < -0.3 is 0 Å². The molecular formula is C20H30N2. The molecular weight excluding hydrogens is 268 g/mol. The Morgan fingerprint density at radius 2 is 1.41 bits per heavy atom. The van der Waals surface area contributed by atoms with E-state index in [0.717, 1.165) is 5.69 Å². The van der Waals surface area contributed by atoms with Crippen molar-refractivity contribution in [2.45, 2.75) is 73.8 Å². The smallest absolute Gasteiger partial charge is 0.0675 e. The molecule has 0 unspecified atom stereocenters. The topological polar surface area (TPSA) is 17.8 Å². The highest BCUT2D eigenvalue weighted by Gasteiger charge is 2.21. The second-order valence-corrected chi connectivity index (χ2v) is 7.82. The second kappa shape index (κ2) is 5.57. The van der Waals surface area contributed by atoms with Crippen LogP contribution in [0.2, 0.25) is 0 Å². The van der Waals surface area contributed by atoms with Crippen LogP contribution in [0, 0.1) is 27.7 Å². The molecule has 0 atom stereocenters. The monoisotopic (exact) mass is 298 g/mol. The lowest BCUT2D eigenvalue weighted by molar-refractivity contribution is 0.516. The number of aryl methyl sites for hydroxylation is 3. The lowest BCUT2D eigenvalue weighted by Gasteiger charge is -2.22. The molecule has 1 aromatic carbocycles. The predicted molar refractivity (Wildman–Crippen MR) is 95.7 cm³/mol. The van der Waals surface area contributed by atoms with Gasteiger partial charge in [0.05, 0.1) is 5.69 Å². The first-order chi connectivity index (χ1) is 10.0. The molecule has 22 heavy (non-hydrogen) atoms. The standard InChI is InChI=1S/C20H30N2/c1-12(2)22-16(6)19(15(5)21-22)18-13(3)10-17(11-14(18)4)20(7,8)9/h10-12H,1-9H3. The Hall–Kier alpha value is -1.57. The van der Waals surface area contributed by atoms with E-state index in [1.165, 1.54) is 33.5 Å². The summed E-state index contributed by atoms with van der Waals surface area (Å²) in [4.78, 5) is 0. The van der Waals surface area contributed by atoms with E-state index in [1.54, 1.807) is 0 Å². The maximum Gasteiger partial charge on any atom is 0.0675 e. The van der Waals surface area contributed by atoms with Crippen LogP contribution < -0.4 is 0 Å². The lowest BCUT2D eigenvalue weighted by Crippen LogP contribution is -2.12. The molecule has 0 aliphatic carbocycles. The van der Waals surface area contributed by atoms with E-state index < -0.39 is 0 Å². The van der Waals surface area contributed by atoms with E-state index in [9.17, 15) is 0 Å². The Morgan fingerprint density at radius 1 is 0.909 bits per heavy atom. The van der Waals surface area contributed by atoms with Gasteiger partial charge in [0.15, 0.2) is 0 Å². The van der Waals surface area contributed by atoms with Crippen molar-refractivity contribution in [2.75, 3.05) is 0 Å². The lowest BCUT2D eigenvalue weighted by atomic mass is 9.82. The number of hydrogen-bond acceptors (Lipinski definition) is 1. The third kappa shape index (κ3) is 2.84. The largest absolute Gasteiger partial charge is 0.266 e. The minimum atomic E-state index is 0.181. The molecule has 0 aliphatic heterocycles. The van der Waals surface area contributed by atoms with E-state index in [-0.39, 0.29) is 5.41 Å². The highest BCUT2D eigenvalue weighted by Crippen LogP contribution is 2.36. The highest BCUT2D eigenvalue weighted by atomic mass is 15.3. The normalized spacial score (nSPS) is 12.3. The molecule has 0 aliphatic rings. The summed E-state index contributed by atoms with van der Waals surface area (Å²) >= 11 is 0. The zero-order valence-corrected chi connectivity index (χ0v) is 15.6. The summed E-state index contributed by atoms with van der Waals surface area (Å²) in [5, 5.41) is 4.76. The summed E-state index contributed by atoms with van der Waals surface area (Å²) in [6, 6.07) is 5.07. The van der Waals surface area contributed by atoms with Crippen molar-refractivity contribution < 1.29 is 0 Å². The van der Waals surface area contributed by atoms with Gasteiger partial charge in [0.1, 0.15) is 0 Å². The summed E-state index contributed by atoms with van der Waals surface area (Å²) in [5.74, 6) is 0. The summed E-state index contributed by atoms with van der Waals surface area (Å²) in [6.07, 6.45) is 0. The molecule has 2 rings (SSSR count). The fraction of sp³-hybridized carbons (Fsp3) is 0.550. The number of rotatable bonds is 2. The molecule has 0 spiro atoms. The quantitative estimate of drug-likeness (QED) is 0.699. The number of aromatic nitrogens is 2. The summed E-state index contributed by atoms with van der Waals surface area (Å²) < 4.78 is 2.14. The molecule has 1 heterocycles. The first kappa shape index (κ1) is 16.8.